The van der Waals surface area contributed by atoms with Gasteiger partial charge in [-0.3, -0.25) is 10.2 Å². The van der Waals surface area contributed by atoms with E-state index in [0.717, 1.165) is 33.8 Å². The number of aliphatic carboxylic acids is 1. The number of aryl methyl sites for hydroxylation is 2. The number of aromatic carboxylic acids is 1. The van der Waals surface area contributed by atoms with Gasteiger partial charge in [0.1, 0.15) is 0 Å². The van der Waals surface area contributed by atoms with Crippen LogP contribution in [0.4, 0.5) is 0 Å². The molecule has 0 bridgehead atoms. The van der Waals surface area contributed by atoms with Crippen molar-refractivity contribution >= 4 is 17.8 Å². The minimum atomic E-state index is -0.989. The van der Waals surface area contributed by atoms with Crippen LogP contribution in [0.3, 0.4) is 0 Å². The van der Waals surface area contributed by atoms with Gasteiger partial charge in [-0.05, 0) is 54.8 Å². The number of hydrazone groups is 1. The summed E-state index contributed by atoms with van der Waals surface area (Å²) >= 11 is 0. The number of nitrogens with zero attached hydrogens (tertiary/aromatic N) is 2. The summed E-state index contributed by atoms with van der Waals surface area (Å²) in [5.41, 5.74) is 13.6. The third-order valence-corrected chi connectivity index (χ3v) is 5.10. The Morgan fingerprint density at radius 1 is 1.00 bits per heavy atom. The highest BCUT2D eigenvalue weighted by Gasteiger charge is 2.16. The Bertz CT molecular complexity index is 1180. The minimum absolute atomic E-state index is 0.000141. The Balaban J connectivity index is 1.78. The van der Waals surface area contributed by atoms with Gasteiger partial charge in [0, 0.05) is 16.9 Å². The quantitative estimate of drug-likeness (QED) is 0.398. The van der Waals surface area contributed by atoms with Gasteiger partial charge in [-0.15, -0.1) is 10.6 Å². The van der Waals surface area contributed by atoms with Crippen molar-refractivity contribution < 1.29 is 19.8 Å². The maximum absolute atomic E-state index is 11.3. The van der Waals surface area contributed by atoms with Gasteiger partial charge in [-0.2, -0.15) is 0 Å². The number of carboxylic acids is 2. The summed E-state index contributed by atoms with van der Waals surface area (Å²) < 4.78 is 1.99. The van der Waals surface area contributed by atoms with Crippen LogP contribution in [-0.2, 0) is 11.2 Å². The van der Waals surface area contributed by atoms with Crippen molar-refractivity contribution in [2.24, 2.45) is 5.10 Å². The Labute approximate surface area is 178 Å². The van der Waals surface area contributed by atoms with Gasteiger partial charge in [0.25, 0.3) is 0 Å². The van der Waals surface area contributed by atoms with Crippen LogP contribution in [0.15, 0.2) is 59.7 Å². The van der Waals surface area contributed by atoms with Crippen molar-refractivity contribution in [3.05, 3.63) is 77.0 Å². The molecule has 1 aromatic heterocycles. The van der Waals surface area contributed by atoms with Crippen LogP contribution in [0.5, 0.6) is 0 Å². The molecule has 0 radical (unpaired) electrons. The van der Waals surface area contributed by atoms with E-state index < -0.39 is 11.9 Å². The molecule has 9 nitrogen and oxygen atoms in total. The highest BCUT2D eigenvalue weighted by molar-refractivity contribution is 5.99. The van der Waals surface area contributed by atoms with Gasteiger partial charge < -0.3 is 14.8 Å². The summed E-state index contributed by atoms with van der Waals surface area (Å²) in [6.07, 6.45) is 0.353. The van der Waals surface area contributed by atoms with E-state index in [2.05, 4.69) is 21.6 Å². The molecule has 2 aromatic carbocycles. The van der Waals surface area contributed by atoms with E-state index >= 15 is 0 Å². The number of hydrogen-bond donors (Lipinski definition) is 5. The SMILES string of the molecule is Cc1cc(C(=O)O)ccc1-n1c(CCC(=O)O)ccc1-c1ccc(C2=NNNN2)cc1. The van der Waals surface area contributed by atoms with Crippen molar-refractivity contribution in [1.82, 2.24) is 21.1 Å². The molecule has 2 heterocycles. The van der Waals surface area contributed by atoms with Gasteiger partial charge in [-0.1, -0.05) is 24.3 Å². The molecule has 0 saturated heterocycles. The predicted octanol–water partition coefficient (Wildman–Crippen LogP) is 2.44. The average Bonchev–Trinajstić information content (AvgIpc) is 3.42. The standard InChI is InChI=1S/C22H21N5O4/c1-13-12-16(22(30)31)6-9-18(13)27-17(8-11-20(28)29)7-10-19(27)14-2-4-15(5-3-14)21-23-25-26-24-21/h2-7,9-10,12,25-26H,8,11H2,1H3,(H,23,24)(H,28,29)(H,30,31). The molecule has 5 N–H and O–H groups in total. The van der Waals surface area contributed by atoms with Gasteiger partial charge in [-0.25, -0.2) is 10.3 Å². The molecule has 1 aliphatic rings. The Morgan fingerprint density at radius 2 is 1.74 bits per heavy atom. The lowest BCUT2D eigenvalue weighted by molar-refractivity contribution is -0.136. The van der Waals surface area contributed by atoms with Crippen LogP contribution < -0.4 is 16.5 Å². The zero-order chi connectivity index (χ0) is 22.0. The Morgan fingerprint density at radius 3 is 2.35 bits per heavy atom. The van der Waals surface area contributed by atoms with Crippen LogP contribution >= 0.6 is 0 Å². The molecule has 9 heteroatoms. The van der Waals surface area contributed by atoms with Crippen LogP contribution in [0.1, 0.15) is 33.6 Å². The largest absolute Gasteiger partial charge is 0.481 e. The second-order valence-corrected chi connectivity index (χ2v) is 7.15. The lowest BCUT2D eigenvalue weighted by Gasteiger charge is -2.17. The van der Waals surface area contributed by atoms with Crippen molar-refractivity contribution in [1.29, 1.82) is 0 Å². The van der Waals surface area contributed by atoms with E-state index in [1.54, 1.807) is 18.2 Å². The fourth-order valence-electron chi connectivity index (χ4n) is 3.59. The molecular weight excluding hydrogens is 398 g/mol. The second kappa shape index (κ2) is 8.33. The first-order chi connectivity index (χ1) is 14.9. The van der Waals surface area contributed by atoms with Crippen molar-refractivity contribution in [3.63, 3.8) is 0 Å². The summed E-state index contributed by atoms with van der Waals surface area (Å²) in [4.78, 5) is 22.5. The third-order valence-electron chi connectivity index (χ3n) is 5.10. The number of nitrogens with one attached hydrogen (secondary N) is 3. The van der Waals surface area contributed by atoms with Gasteiger partial charge in [0.05, 0.1) is 17.7 Å². The fraction of sp³-hybridized carbons (Fsp3) is 0.136. The van der Waals surface area contributed by atoms with Gasteiger partial charge in [0.15, 0.2) is 5.84 Å². The first-order valence-corrected chi connectivity index (χ1v) is 9.65. The van der Waals surface area contributed by atoms with E-state index in [0.29, 0.717) is 12.3 Å². The molecule has 0 atom stereocenters. The van der Waals surface area contributed by atoms with E-state index in [9.17, 15) is 14.7 Å². The zero-order valence-corrected chi connectivity index (χ0v) is 16.7. The molecule has 158 valence electrons. The summed E-state index contributed by atoms with van der Waals surface area (Å²) in [6.45, 7) is 1.85. The topological polar surface area (TPSA) is 128 Å². The second-order valence-electron chi connectivity index (χ2n) is 7.15. The lowest BCUT2D eigenvalue weighted by Crippen LogP contribution is -2.35. The molecule has 1 aliphatic heterocycles. The molecule has 0 aliphatic carbocycles. The van der Waals surface area contributed by atoms with Crippen molar-refractivity contribution in [2.75, 3.05) is 0 Å². The number of carbonyl (C=O) groups is 2. The van der Waals surface area contributed by atoms with Crippen LogP contribution in [-0.4, -0.2) is 32.6 Å². The predicted molar refractivity (Wildman–Crippen MR) is 115 cm³/mol. The summed E-state index contributed by atoms with van der Waals surface area (Å²) in [7, 11) is 0. The third kappa shape index (κ3) is 4.12. The van der Waals surface area contributed by atoms with E-state index in [1.165, 1.54) is 0 Å². The maximum atomic E-state index is 11.3. The lowest BCUT2D eigenvalue weighted by atomic mass is 10.1. The fourth-order valence-corrected chi connectivity index (χ4v) is 3.59. The monoisotopic (exact) mass is 419 g/mol. The van der Waals surface area contributed by atoms with E-state index in [-0.39, 0.29) is 12.0 Å². The maximum Gasteiger partial charge on any atom is 0.335 e. The number of aromatic nitrogens is 1. The van der Waals surface area contributed by atoms with Crippen LogP contribution in [0.25, 0.3) is 16.9 Å². The average molecular weight is 419 g/mol. The van der Waals surface area contributed by atoms with Crippen LogP contribution in [0.2, 0.25) is 0 Å². The minimum Gasteiger partial charge on any atom is -0.481 e. The molecule has 0 unspecified atom stereocenters. The highest BCUT2D eigenvalue weighted by Crippen LogP contribution is 2.30. The Kier molecular flexibility index (Phi) is 5.42. The highest BCUT2D eigenvalue weighted by atomic mass is 16.4. The zero-order valence-electron chi connectivity index (χ0n) is 16.7. The number of hydrogen-bond acceptors (Lipinski definition) is 6. The molecule has 0 fully saturated rings. The molecule has 0 amide bonds. The van der Waals surface area contributed by atoms with Crippen molar-refractivity contribution in [3.8, 4) is 16.9 Å². The van der Waals surface area contributed by atoms with Crippen LogP contribution in [0, 0.1) is 6.92 Å². The molecule has 3 aromatic rings. The van der Waals surface area contributed by atoms with Crippen molar-refractivity contribution in [2.45, 2.75) is 19.8 Å². The smallest absolute Gasteiger partial charge is 0.335 e. The first-order valence-electron chi connectivity index (χ1n) is 9.65. The molecule has 0 spiro atoms. The number of carboxylic acid groups (broad SMARTS) is 2. The number of benzene rings is 2. The summed E-state index contributed by atoms with van der Waals surface area (Å²) in [5.74, 6) is -1.19. The van der Waals surface area contributed by atoms with E-state index in [4.69, 9.17) is 5.11 Å². The summed E-state index contributed by atoms with van der Waals surface area (Å²) in [6, 6.07) is 16.6. The number of rotatable bonds is 7. The molecule has 0 saturated carbocycles. The first kappa shape index (κ1) is 20.2. The molecule has 31 heavy (non-hydrogen) atoms. The summed E-state index contributed by atoms with van der Waals surface area (Å²) in [5, 5.41) is 22.5. The normalized spacial score (nSPS) is 12.7. The number of hydrazine groups is 2. The molecular formula is C22H21N5O4. The van der Waals surface area contributed by atoms with E-state index in [1.807, 2.05) is 47.9 Å². The van der Waals surface area contributed by atoms with Gasteiger partial charge in [0.2, 0.25) is 0 Å². The number of amidine groups is 1. The van der Waals surface area contributed by atoms with Gasteiger partial charge >= 0.3 is 11.9 Å². The molecule has 4 rings (SSSR count). The Hall–Kier alpha value is -4.11.